The molecule has 1 N–H and O–H groups in total. The van der Waals surface area contributed by atoms with Crippen LogP contribution in [0.2, 0.25) is 0 Å². The predicted octanol–water partition coefficient (Wildman–Crippen LogP) is 4.47. The first-order valence-electron chi connectivity index (χ1n) is 14.5. The molecule has 0 radical (unpaired) electrons. The van der Waals surface area contributed by atoms with E-state index in [2.05, 4.69) is 26.8 Å². The number of rotatable bonds is 3. The van der Waals surface area contributed by atoms with Gasteiger partial charge in [0.15, 0.2) is 17.2 Å². The number of amides is 1. The van der Waals surface area contributed by atoms with Crippen LogP contribution in [0.5, 0.6) is 0 Å². The van der Waals surface area contributed by atoms with Crippen molar-refractivity contribution in [3.8, 4) is 16.9 Å². The molecule has 2 aliphatic rings. The molecule has 2 aliphatic heterocycles. The van der Waals surface area contributed by atoms with Crippen LogP contribution in [-0.4, -0.2) is 68.3 Å². The van der Waals surface area contributed by atoms with E-state index in [1.165, 1.54) is 35.0 Å². The number of piperazine rings is 1. The normalized spacial score (nSPS) is 16.7. The van der Waals surface area contributed by atoms with Crippen molar-refractivity contribution in [3.05, 3.63) is 82.6 Å². The first-order chi connectivity index (χ1) is 21.1. The van der Waals surface area contributed by atoms with E-state index in [-0.39, 0.29) is 81.7 Å². The minimum Gasteiger partial charge on any atom is -0.384 e. The van der Waals surface area contributed by atoms with Crippen molar-refractivity contribution >= 4 is 34.2 Å². The lowest BCUT2D eigenvalue weighted by Crippen LogP contribution is -2.54. The molecule has 3 aromatic heterocycles. The monoisotopic (exact) mass is 599 g/mol. The molecule has 6 rings (SSSR count). The van der Waals surface area contributed by atoms with Crippen LogP contribution in [0.4, 0.5) is 20.3 Å². The summed E-state index contributed by atoms with van der Waals surface area (Å²) in [6.45, 7) is 10.3. The second-order valence-electron chi connectivity index (χ2n) is 11.3. The van der Waals surface area contributed by atoms with Gasteiger partial charge in [-0.3, -0.25) is 14.6 Å². The molecule has 1 amide bonds. The third kappa shape index (κ3) is 4.80. The van der Waals surface area contributed by atoms with E-state index in [0.29, 0.717) is 25.3 Å². The Balaban J connectivity index is 1.71. The summed E-state index contributed by atoms with van der Waals surface area (Å²) in [5, 5.41) is 3.26. The molecule has 226 valence electrons. The van der Waals surface area contributed by atoms with Crippen LogP contribution in [-0.2, 0) is 4.79 Å². The van der Waals surface area contributed by atoms with Crippen molar-refractivity contribution < 1.29 is 18.4 Å². The molecule has 0 aliphatic carbocycles. The number of anilines is 2. The fraction of sp³-hybridized carbons (Fsp3) is 0.312. The number of hydrogen-bond acceptors (Lipinski definition) is 8. The first kappa shape index (κ1) is 29.1. The molecule has 4 aromatic rings. The minimum atomic E-state index is -0.810. The molecule has 0 spiro atoms. The van der Waals surface area contributed by atoms with Crippen LogP contribution in [0.15, 0.2) is 54.0 Å². The number of nitrogens with one attached hydrogen (secondary N) is 1. The molecule has 1 saturated heterocycles. The second-order valence-corrected chi connectivity index (χ2v) is 11.3. The van der Waals surface area contributed by atoms with Crippen LogP contribution >= 0.6 is 0 Å². The molecule has 10 nitrogen and oxygen atoms in total. The van der Waals surface area contributed by atoms with Crippen LogP contribution < -0.4 is 15.9 Å². The average Bonchev–Trinajstić information content (AvgIpc) is 2.99. The number of ketones is 1. The Labute approximate surface area is 252 Å². The third-order valence-electron chi connectivity index (χ3n) is 8.13. The number of hydrogen-bond donors (Lipinski definition) is 1. The summed E-state index contributed by atoms with van der Waals surface area (Å²) < 4.78 is 32.7. The molecule has 44 heavy (non-hydrogen) atoms. The Morgan fingerprint density at radius 2 is 1.93 bits per heavy atom. The predicted molar refractivity (Wildman–Crippen MR) is 163 cm³/mol. The average molecular weight is 600 g/mol. The maximum atomic E-state index is 16.1. The smallest absolute Gasteiger partial charge is 0.355 e. The largest absolute Gasteiger partial charge is 0.384 e. The lowest BCUT2D eigenvalue weighted by molar-refractivity contribution is -0.126. The van der Waals surface area contributed by atoms with Crippen LogP contribution in [0.1, 0.15) is 49.2 Å². The molecule has 0 saturated carbocycles. The Kier molecular flexibility index (Phi) is 7.44. The zero-order chi connectivity index (χ0) is 31.3. The van der Waals surface area contributed by atoms with Gasteiger partial charge in [0.2, 0.25) is 5.91 Å². The highest BCUT2D eigenvalue weighted by atomic mass is 19.1. The van der Waals surface area contributed by atoms with Crippen molar-refractivity contribution in [3.63, 3.8) is 0 Å². The highest BCUT2D eigenvalue weighted by Crippen LogP contribution is 2.37. The van der Waals surface area contributed by atoms with E-state index in [1.807, 2.05) is 25.7 Å². The van der Waals surface area contributed by atoms with Crippen molar-refractivity contribution in [2.45, 2.75) is 39.2 Å². The van der Waals surface area contributed by atoms with Crippen LogP contribution in [0, 0.1) is 11.6 Å². The number of halogens is 2. The molecule has 0 unspecified atom stereocenters. The summed E-state index contributed by atoms with van der Waals surface area (Å²) in [4.78, 5) is 57.1. The molecular weight excluding hydrogens is 568 g/mol. The number of carbonyl (C=O) groups excluding carboxylic acids is 2. The van der Waals surface area contributed by atoms with Crippen molar-refractivity contribution in [2.75, 3.05) is 36.4 Å². The van der Waals surface area contributed by atoms with Gasteiger partial charge < -0.3 is 15.1 Å². The number of aromatic nitrogens is 4. The molecule has 1 fully saturated rings. The number of Topliss-reactive ketones (excluding diaryl/α,β-unsaturated/α-hetero) is 1. The summed E-state index contributed by atoms with van der Waals surface area (Å²) in [5.41, 5.74) is 0.0503. The molecular formula is C32H31F2N7O3. The highest BCUT2D eigenvalue weighted by Gasteiger charge is 2.32. The van der Waals surface area contributed by atoms with Gasteiger partial charge in [0.1, 0.15) is 17.3 Å². The molecule has 12 heteroatoms. The molecule has 1 aromatic carbocycles. The lowest BCUT2D eigenvalue weighted by atomic mass is 9.99. The van der Waals surface area contributed by atoms with Gasteiger partial charge in [0.05, 0.1) is 22.3 Å². The van der Waals surface area contributed by atoms with Crippen LogP contribution in [0.25, 0.3) is 28.0 Å². The standard InChI is InChI=1S/C32H31F2N7O3/c1-5-25(43)39-13-14-40(18(4)16-39)30-20-15-22(34)28-26-21(33)7-6-8-23(26)35-12-10-24(42)19-9-11-36-27(17(2)3)29(19)41(31(20)37-28)32(44)38-30/h5-9,11,15,17-18,35H,1,10,12-14,16H2,2-4H3/t18-/m0/s1. The van der Waals surface area contributed by atoms with E-state index < -0.39 is 17.3 Å². The number of fused-ring (bicyclic) bond motifs is 5. The molecule has 2 bridgehead atoms. The fourth-order valence-corrected chi connectivity index (χ4v) is 6.01. The van der Waals surface area contributed by atoms with Gasteiger partial charge in [-0.25, -0.2) is 23.1 Å². The highest BCUT2D eigenvalue weighted by molar-refractivity contribution is 6.01. The van der Waals surface area contributed by atoms with Gasteiger partial charge in [0.25, 0.3) is 0 Å². The Hall–Kier alpha value is -5.00. The SMILES string of the molecule is C=CC(=O)N1CCN(c2nc(=O)n3c4nc(c(F)cc24)-c2c(F)cccc2NCCC(=O)c2ccnc(C(C)C)c2-3)[C@@H](C)C1. The van der Waals surface area contributed by atoms with E-state index in [0.717, 1.165) is 0 Å². The van der Waals surface area contributed by atoms with E-state index in [1.54, 1.807) is 17.0 Å². The first-order valence-corrected chi connectivity index (χ1v) is 14.5. The minimum absolute atomic E-state index is 0.00641. The van der Waals surface area contributed by atoms with E-state index in [9.17, 15) is 14.4 Å². The zero-order valence-electron chi connectivity index (χ0n) is 24.6. The molecule has 1 atom stereocenters. The number of nitrogens with zero attached hydrogens (tertiary/aromatic N) is 6. The Morgan fingerprint density at radius 3 is 2.66 bits per heavy atom. The summed E-state index contributed by atoms with van der Waals surface area (Å²) in [6.07, 6.45) is 2.79. The number of pyridine rings is 2. The summed E-state index contributed by atoms with van der Waals surface area (Å²) >= 11 is 0. The number of benzene rings is 1. The maximum absolute atomic E-state index is 16.1. The van der Waals surface area contributed by atoms with Gasteiger partial charge in [-0.1, -0.05) is 26.5 Å². The third-order valence-corrected chi connectivity index (χ3v) is 8.13. The summed E-state index contributed by atoms with van der Waals surface area (Å²) in [6, 6.07) is 6.74. The van der Waals surface area contributed by atoms with Crippen LogP contribution in [0.3, 0.4) is 0 Å². The fourth-order valence-electron chi connectivity index (χ4n) is 6.01. The van der Waals surface area contributed by atoms with Gasteiger partial charge in [-0.05, 0) is 43.2 Å². The van der Waals surface area contributed by atoms with Crippen molar-refractivity contribution in [1.29, 1.82) is 0 Å². The van der Waals surface area contributed by atoms with Gasteiger partial charge in [-0.15, -0.1) is 0 Å². The maximum Gasteiger partial charge on any atom is 0.355 e. The van der Waals surface area contributed by atoms with Crippen molar-refractivity contribution in [2.24, 2.45) is 0 Å². The summed E-state index contributed by atoms with van der Waals surface area (Å²) in [5.74, 6) is -2.03. The lowest BCUT2D eigenvalue weighted by Gasteiger charge is -2.40. The Morgan fingerprint density at radius 1 is 1.14 bits per heavy atom. The quantitative estimate of drug-likeness (QED) is 0.344. The topological polar surface area (TPSA) is 113 Å². The van der Waals surface area contributed by atoms with Gasteiger partial charge in [-0.2, -0.15) is 4.98 Å². The van der Waals surface area contributed by atoms with Crippen molar-refractivity contribution in [1.82, 2.24) is 24.4 Å². The molecule has 5 heterocycles. The van der Waals surface area contributed by atoms with Gasteiger partial charge in [0, 0.05) is 56.1 Å². The van der Waals surface area contributed by atoms with E-state index in [4.69, 9.17) is 0 Å². The second kappa shape index (κ2) is 11.3. The number of carbonyl (C=O) groups is 2. The van der Waals surface area contributed by atoms with E-state index >= 15 is 8.78 Å². The summed E-state index contributed by atoms with van der Waals surface area (Å²) in [7, 11) is 0. The zero-order valence-corrected chi connectivity index (χ0v) is 24.6. The van der Waals surface area contributed by atoms with Gasteiger partial charge >= 0.3 is 5.69 Å². The Bertz CT molecular complexity index is 1910.